The molecule has 18 heavy (non-hydrogen) atoms. The van der Waals surface area contributed by atoms with Crippen LogP contribution < -0.4 is 15.8 Å². The minimum absolute atomic E-state index is 0.00540. The van der Waals surface area contributed by atoms with E-state index in [-0.39, 0.29) is 17.1 Å². The first-order valence-electron chi connectivity index (χ1n) is 5.30. The number of likely N-dealkylation sites (N-methyl/N-ethyl adjacent to an activating group) is 1. The van der Waals surface area contributed by atoms with Crippen molar-refractivity contribution in [2.45, 2.75) is 24.4 Å². The maximum Gasteiger partial charge on any atom is 0.243 e. The highest BCUT2D eigenvalue weighted by molar-refractivity contribution is 7.89. The molecule has 0 aliphatic heterocycles. The fraction of sp³-hybridized carbons (Fsp3) is 0.400. The Bertz CT molecular complexity index is 530. The van der Waals surface area contributed by atoms with Gasteiger partial charge in [0.1, 0.15) is 4.90 Å². The van der Waals surface area contributed by atoms with E-state index >= 15 is 0 Å². The molecule has 4 N–H and O–H groups in total. The van der Waals surface area contributed by atoms with Crippen LogP contribution in [0.4, 0.5) is 0 Å². The minimum atomic E-state index is -3.81. The second-order valence-electron chi connectivity index (χ2n) is 3.61. The second-order valence-corrected chi connectivity index (χ2v) is 5.29. The number of aromatic nitrogens is 1. The molecule has 0 aliphatic carbocycles. The number of rotatable bonds is 5. The minimum Gasteiger partial charge on any atom is -0.358 e. The van der Waals surface area contributed by atoms with E-state index in [0.29, 0.717) is 0 Å². The molecule has 8 heteroatoms. The van der Waals surface area contributed by atoms with Gasteiger partial charge in [-0.25, -0.2) is 8.42 Å². The van der Waals surface area contributed by atoms with E-state index in [0.717, 1.165) is 0 Å². The Labute approximate surface area is 106 Å². The Hall–Kier alpha value is -1.51. The molecule has 0 radical (unpaired) electrons. The first-order valence-corrected chi connectivity index (χ1v) is 6.78. The summed E-state index contributed by atoms with van der Waals surface area (Å²) in [5, 5.41) is 2.36. The van der Waals surface area contributed by atoms with Crippen molar-refractivity contribution in [3.8, 4) is 0 Å². The van der Waals surface area contributed by atoms with E-state index in [1.165, 1.54) is 32.3 Å². The van der Waals surface area contributed by atoms with Crippen molar-refractivity contribution in [1.82, 2.24) is 15.0 Å². The van der Waals surface area contributed by atoms with Crippen LogP contribution in [0.15, 0.2) is 23.2 Å². The zero-order valence-electron chi connectivity index (χ0n) is 10.2. The molecule has 100 valence electrons. The number of hydrogen-bond acceptors (Lipinski definition) is 5. The highest BCUT2D eigenvalue weighted by Crippen LogP contribution is 2.12. The van der Waals surface area contributed by atoms with E-state index in [1.807, 2.05) is 0 Å². The Morgan fingerprint density at radius 3 is 2.78 bits per heavy atom. The number of hydrogen-bond donors (Lipinski definition) is 3. The maximum absolute atomic E-state index is 12.1. The number of amides is 1. The molecule has 1 rings (SSSR count). The molecule has 1 atom stereocenters. The van der Waals surface area contributed by atoms with Gasteiger partial charge in [-0.3, -0.25) is 9.78 Å². The number of carbonyl (C=O) groups excluding carboxylic acids is 1. The van der Waals surface area contributed by atoms with Gasteiger partial charge in [-0.15, -0.1) is 0 Å². The van der Waals surface area contributed by atoms with Crippen LogP contribution in [0.1, 0.15) is 12.6 Å². The quantitative estimate of drug-likeness (QED) is 0.633. The second kappa shape index (κ2) is 5.89. The van der Waals surface area contributed by atoms with Crippen LogP contribution in [-0.4, -0.2) is 32.4 Å². The van der Waals surface area contributed by atoms with Crippen molar-refractivity contribution in [2.75, 3.05) is 7.05 Å². The molecule has 1 unspecified atom stereocenters. The molecule has 1 heterocycles. The largest absolute Gasteiger partial charge is 0.358 e. The summed E-state index contributed by atoms with van der Waals surface area (Å²) in [6.07, 6.45) is 1.46. The third kappa shape index (κ3) is 3.25. The first kappa shape index (κ1) is 14.6. The number of carbonyl (C=O) groups is 1. The third-order valence-electron chi connectivity index (χ3n) is 2.30. The van der Waals surface area contributed by atoms with E-state index < -0.39 is 22.0 Å². The molecule has 0 bridgehead atoms. The van der Waals surface area contributed by atoms with Gasteiger partial charge >= 0.3 is 0 Å². The van der Waals surface area contributed by atoms with Gasteiger partial charge in [-0.1, -0.05) is 0 Å². The van der Waals surface area contributed by atoms with E-state index in [9.17, 15) is 13.2 Å². The van der Waals surface area contributed by atoms with Gasteiger partial charge in [-0.05, 0) is 19.1 Å². The third-order valence-corrected chi connectivity index (χ3v) is 3.92. The summed E-state index contributed by atoms with van der Waals surface area (Å²) in [6, 6.07) is 2.03. The standard InChI is InChI=1S/C10H16N4O3S/c1-7(10(15)12-2)14-18(16,17)9-4-3-5-13-8(9)6-11/h3-5,7,14H,6,11H2,1-2H3,(H,12,15). The van der Waals surface area contributed by atoms with Crippen LogP contribution >= 0.6 is 0 Å². The van der Waals surface area contributed by atoms with Crippen LogP contribution in [0.25, 0.3) is 0 Å². The van der Waals surface area contributed by atoms with Crippen LogP contribution in [0.5, 0.6) is 0 Å². The molecular formula is C10H16N4O3S. The van der Waals surface area contributed by atoms with Crippen LogP contribution in [-0.2, 0) is 21.4 Å². The Morgan fingerprint density at radius 2 is 2.22 bits per heavy atom. The van der Waals surface area contributed by atoms with Crippen molar-refractivity contribution in [2.24, 2.45) is 5.73 Å². The predicted molar refractivity (Wildman–Crippen MR) is 66.0 cm³/mol. The first-order chi connectivity index (χ1) is 8.42. The van der Waals surface area contributed by atoms with Crippen LogP contribution in [0.3, 0.4) is 0 Å². The summed E-state index contributed by atoms with van der Waals surface area (Å²) in [5.41, 5.74) is 5.69. The zero-order valence-corrected chi connectivity index (χ0v) is 11.0. The van der Waals surface area contributed by atoms with Gasteiger partial charge < -0.3 is 11.1 Å². The fourth-order valence-electron chi connectivity index (χ4n) is 1.39. The molecule has 0 fully saturated rings. The average molecular weight is 272 g/mol. The molecule has 1 aromatic rings. The SMILES string of the molecule is CNC(=O)C(C)NS(=O)(=O)c1cccnc1CN. The summed E-state index contributed by atoms with van der Waals surface area (Å²) in [7, 11) is -2.38. The number of pyridine rings is 1. The number of nitrogens with two attached hydrogens (primary N) is 1. The molecule has 0 saturated heterocycles. The highest BCUT2D eigenvalue weighted by Gasteiger charge is 2.23. The molecule has 7 nitrogen and oxygen atoms in total. The lowest BCUT2D eigenvalue weighted by Crippen LogP contribution is -2.43. The highest BCUT2D eigenvalue weighted by atomic mass is 32.2. The summed E-state index contributed by atoms with van der Waals surface area (Å²) in [5.74, 6) is -0.420. The van der Waals surface area contributed by atoms with Crippen LogP contribution in [0, 0.1) is 0 Å². The Balaban J connectivity index is 3.03. The number of nitrogens with zero attached hydrogens (tertiary/aromatic N) is 1. The van der Waals surface area contributed by atoms with Crippen LogP contribution in [0.2, 0.25) is 0 Å². The average Bonchev–Trinajstić information content (AvgIpc) is 2.37. The number of sulfonamides is 1. The van der Waals surface area contributed by atoms with Gasteiger partial charge in [0.05, 0.1) is 11.7 Å². The summed E-state index contributed by atoms with van der Waals surface area (Å²) in [6.45, 7) is 1.46. The molecule has 0 spiro atoms. The van der Waals surface area contributed by atoms with Gasteiger partial charge in [-0.2, -0.15) is 4.72 Å². The lowest BCUT2D eigenvalue weighted by molar-refractivity contribution is -0.121. The molecule has 0 aliphatic rings. The van der Waals surface area contributed by atoms with E-state index in [2.05, 4.69) is 15.0 Å². The van der Waals surface area contributed by atoms with Crippen molar-refractivity contribution >= 4 is 15.9 Å². The molecule has 1 aromatic heterocycles. The molecule has 1 amide bonds. The molecule has 0 saturated carbocycles. The lowest BCUT2D eigenvalue weighted by Gasteiger charge is -2.14. The maximum atomic E-state index is 12.1. The predicted octanol–water partition coefficient (Wildman–Crippen LogP) is -1.05. The van der Waals surface area contributed by atoms with Gasteiger partial charge in [0.25, 0.3) is 0 Å². The van der Waals surface area contributed by atoms with Gasteiger partial charge in [0.2, 0.25) is 15.9 Å². The normalized spacial score (nSPS) is 13.1. The van der Waals surface area contributed by atoms with E-state index in [1.54, 1.807) is 0 Å². The molecular weight excluding hydrogens is 256 g/mol. The van der Waals surface area contributed by atoms with Gasteiger partial charge in [0, 0.05) is 19.8 Å². The van der Waals surface area contributed by atoms with Gasteiger partial charge in [0.15, 0.2) is 0 Å². The molecule has 0 aromatic carbocycles. The Morgan fingerprint density at radius 1 is 1.56 bits per heavy atom. The van der Waals surface area contributed by atoms with Crippen molar-refractivity contribution < 1.29 is 13.2 Å². The van der Waals surface area contributed by atoms with Crippen molar-refractivity contribution in [1.29, 1.82) is 0 Å². The van der Waals surface area contributed by atoms with Crippen molar-refractivity contribution in [3.63, 3.8) is 0 Å². The summed E-state index contributed by atoms with van der Waals surface area (Å²) in [4.78, 5) is 15.2. The monoisotopic (exact) mass is 272 g/mol. The topological polar surface area (TPSA) is 114 Å². The fourth-order valence-corrected chi connectivity index (χ4v) is 2.79. The summed E-state index contributed by atoms with van der Waals surface area (Å²) < 4.78 is 26.4. The Kier molecular flexibility index (Phi) is 4.76. The van der Waals surface area contributed by atoms with Crippen molar-refractivity contribution in [3.05, 3.63) is 24.0 Å². The lowest BCUT2D eigenvalue weighted by atomic mass is 10.3. The van der Waals surface area contributed by atoms with E-state index in [4.69, 9.17) is 5.73 Å². The summed E-state index contributed by atoms with van der Waals surface area (Å²) >= 11 is 0. The smallest absolute Gasteiger partial charge is 0.243 e. The number of nitrogens with one attached hydrogen (secondary N) is 2. The zero-order chi connectivity index (χ0) is 13.8.